The molecule has 2 aromatic rings. The Morgan fingerprint density at radius 1 is 1.11 bits per heavy atom. The van der Waals surface area contributed by atoms with E-state index in [4.69, 9.17) is 0 Å². The summed E-state index contributed by atoms with van der Waals surface area (Å²) < 4.78 is 2.03. The summed E-state index contributed by atoms with van der Waals surface area (Å²) in [4.78, 5) is 25.1. The topological polar surface area (TPSA) is 79.2 Å². The predicted molar refractivity (Wildman–Crippen MR) is 105 cm³/mol. The lowest BCUT2D eigenvalue weighted by atomic mass is 10.2. The van der Waals surface area contributed by atoms with Crippen molar-refractivity contribution in [1.29, 1.82) is 0 Å². The molecular weight excluding hydrogens is 342 g/mol. The van der Waals surface area contributed by atoms with Crippen LogP contribution in [-0.4, -0.2) is 69.8 Å². The summed E-state index contributed by atoms with van der Waals surface area (Å²) >= 11 is 0. The van der Waals surface area contributed by atoms with Gasteiger partial charge in [-0.3, -0.25) is 14.4 Å². The minimum absolute atomic E-state index is 0.0870. The molecule has 8 heteroatoms. The third-order valence-electron chi connectivity index (χ3n) is 5.19. The van der Waals surface area contributed by atoms with Gasteiger partial charge in [0.15, 0.2) is 0 Å². The number of rotatable bonds is 7. The largest absolute Gasteiger partial charge is 0.355 e. The lowest BCUT2D eigenvalue weighted by Crippen LogP contribution is -2.50. The zero-order valence-electron chi connectivity index (χ0n) is 16.5. The second-order valence-electron chi connectivity index (χ2n) is 7.03. The van der Waals surface area contributed by atoms with Gasteiger partial charge in [-0.1, -0.05) is 0 Å². The van der Waals surface area contributed by atoms with Crippen LogP contribution in [0.5, 0.6) is 0 Å². The van der Waals surface area contributed by atoms with Gasteiger partial charge in [0.1, 0.15) is 0 Å². The van der Waals surface area contributed by atoms with Gasteiger partial charge in [0.2, 0.25) is 11.9 Å². The first kappa shape index (κ1) is 19.3. The number of aromatic nitrogens is 4. The number of hydrogen-bond donors (Lipinski definition) is 1. The zero-order chi connectivity index (χ0) is 19.2. The number of amides is 1. The normalized spacial score (nSPS) is 15.1. The van der Waals surface area contributed by atoms with Gasteiger partial charge in [-0.2, -0.15) is 5.10 Å². The molecule has 0 atom stereocenters. The summed E-state index contributed by atoms with van der Waals surface area (Å²) in [6.07, 6.45) is 4.40. The number of carbonyl (C=O) groups is 1. The van der Waals surface area contributed by atoms with Crippen molar-refractivity contribution in [3.63, 3.8) is 0 Å². The van der Waals surface area contributed by atoms with Crippen molar-refractivity contribution < 1.29 is 4.79 Å². The first-order chi connectivity index (χ1) is 13.0. The molecule has 146 valence electrons. The fraction of sp³-hybridized carbons (Fsp3) is 0.579. The smallest absolute Gasteiger partial charge is 0.234 e. The molecule has 8 nitrogen and oxygen atoms in total. The van der Waals surface area contributed by atoms with Gasteiger partial charge in [-0.25, -0.2) is 9.97 Å². The highest BCUT2D eigenvalue weighted by Gasteiger charge is 2.20. The third kappa shape index (κ3) is 5.03. The Bertz CT molecular complexity index is 751. The fourth-order valence-electron chi connectivity index (χ4n) is 3.28. The molecule has 0 saturated carbocycles. The molecular formula is C19H29N7O. The lowest BCUT2D eigenvalue weighted by molar-refractivity contribution is -0.122. The molecule has 3 rings (SSSR count). The van der Waals surface area contributed by atoms with Crippen LogP contribution in [0.3, 0.4) is 0 Å². The van der Waals surface area contributed by atoms with Crippen LogP contribution in [0.25, 0.3) is 0 Å². The quantitative estimate of drug-likeness (QED) is 0.730. The number of nitrogens with one attached hydrogen (secondary N) is 1. The highest BCUT2D eigenvalue weighted by molar-refractivity contribution is 5.78. The molecule has 0 aliphatic carbocycles. The molecule has 0 radical (unpaired) electrons. The van der Waals surface area contributed by atoms with E-state index in [2.05, 4.69) is 44.0 Å². The van der Waals surface area contributed by atoms with Gasteiger partial charge in [0, 0.05) is 57.4 Å². The summed E-state index contributed by atoms with van der Waals surface area (Å²) in [5, 5.41) is 7.56. The molecule has 1 amide bonds. The average molecular weight is 371 g/mol. The summed E-state index contributed by atoms with van der Waals surface area (Å²) in [7, 11) is 0. The van der Waals surface area contributed by atoms with Crippen LogP contribution in [-0.2, 0) is 11.3 Å². The van der Waals surface area contributed by atoms with Gasteiger partial charge in [0.25, 0.3) is 0 Å². The number of nitrogens with zero attached hydrogens (tertiary/aromatic N) is 6. The molecule has 27 heavy (non-hydrogen) atoms. The standard InChI is InChI=1S/C19H29N7O/c1-15-16(2)23-26(17(15)3)9-5-8-20-18(27)14-24-10-12-25(13-11-24)19-21-6-4-7-22-19/h4,6-7H,5,8-14H2,1-3H3,(H,20,27). The minimum atomic E-state index is 0.0870. The van der Waals surface area contributed by atoms with E-state index in [1.807, 2.05) is 17.7 Å². The maximum atomic E-state index is 12.2. The predicted octanol–water partition coefficient (Wildman–Crippen LogP) is 0.927. The van der Waals surface area contributed by atoms with Crippen LogP contribution < -0.4 is 10.2 Å². The SMILES string of the molecule is Cc1nn(CCCNC(=O)CN2CCN(c3ncccn3)CC2)c(C)c1C. The molecule has 1 fully saturated rings. The second kappa shape index (κ2) is 8.94. The molecule has 2 aromatic heterocycles. The van der Waals surface area contributed by atoms with E-state index in [0.717, 1.165) is 50.8 Å². The molecule has 0 bridgehead atoms. The van der Waals surface area contributed by atoms with Gasteiger partial charge in [0.05, 0.1) is 12.2 Å². The van der Waals surface area contributed by atoms with Gasteiger partial charge < -0.3 is 10.2 Å². The van der Waals surface area contributed by atoms with E-state index in [0.29, 0.717) is 13.1 Å². The average Bonchev–Trinajstić information content (AvgIpc) is 2.93. The number of piperazine rings is 1. The first-order valence-corrected chi connectivity index (χ1v) is 9.56. The Balaban J connectivity index is 1.33. The van der Waals surface area contributed by atoms with E-state index < -0.39 is 0 Å². The number of carbonyl (C=O) groups excluding carboxylic acids is 1. The Morgan fingerprint density at radius 3 is 2.44 bits per heavy atom. The molecule has 1 N–H and O–H groups in total. The maximum absolute atomic E-state index is 12.2. The Morgan fingerprint density at radius 2 is 1.81 bits per heavy atom. The van der Waals surface area contributed by atoms with E-state index in [1.54, 1.807) is 12.4 Å². The maximum Gasteiger partial charge on any atom is 0.234 e. The van der Waals surface area contributed by atoms with Crippen LogP contribution in [0.15, 0.2) is 18.5 Å². The number of aryl methyl sites for hydroxylation is 2. The number of hydrogen-bond acceptors (Lipinski definition) is 6. The molecule has 0 spiro atoms. The zero-order valence-corrected chi connectivity index (χ0v) is 16.5. The van der Waals surface area contributed by atoms with E-state index in [1.165, 1.54) is 11.3 Å². The summed E-state index contributed by atoms with van der Waals surface area (Å²) in [6, 6.07) is 1.82. The highest BCUT2D eigenvalue weighted by atomic mass is 16.2. The monoisotopic (exact) mass is 371 g/mol. The summed E-state index contributed by atoms with van der Waals surface area (Å²) in [5.41, 5.74) is 3.54. The van der Waals surface area contributed by atoms with E-state index >= 15 is 0 Å². The highest BCUT2D eigenvalue weighted by Crippen LogP contribution is 2.11. The van der Waals surface area contributed by atoms with Crippen molar-refractivity contribution in [2.45, 2.75) is 33.7 Å². The Kier molecular flexibility index (Phi) is 6.39. The van der Waals surface area contributed by atoms with Crippen molar-refractivity contribution >= 4 is 11.9 Å². The molecule has 1 aliphatic heterocycles. The van der Waals surface area contributed by atoms with Crippen LogP contribution >= 0.6 is 0 Å². The van der Waals surface area contributed by atoms with Crippen LogP contribution in [0.2, 0.25) is 0 Å². The Labute approximate surface area is 160 Å². The lowest BCUT2D eigenvalue weighted by Gasteiger charge is -2.34. The van der Waals surface area contributed by atoms with E-state index in [-0.39, 0.29) is 5.91 Å². The van der Waals surface area contributed by atoms with E-state index in [9.17, 15) is 4.79 Å². The fourth-order valence-corrected chi connectivity index (χ4v) is 3.28. The Hall–Kier alpha value is -2.48. The molecule has 1 saturated heterocycles. The molecule has 3 heterocycles. The van der Waals surface area contributed by atoms with Crippen LogP contribution in [0.4, 0.5) is 5.95 Å². The summed E-state index contributed by atoms with van der Waals surface area (Å²) in [5.74, 6) is 0.852. The van der Waals surface area contributed by atoms with Gasteiger partial charge in [-0.15, -0.1) is 0 Å². The van der Waals surface area contributed by atoms with Crippen molar-refractivity contribution in [3.8, 4) is 0 Å². The second-order valence-corrected chi connectivity index (χ2v) is 7.03. The summed E-state index contributed by atoms with van der Waals surface area (Å²) in [6.45, 7) is 11.5. The van der Waals surface area contributed by atoms with Crippen molar-refractivity contribution in [2.75, 3.05) is 44.2 Å². The molecule has 1 aliphatic rings. The molecule has 0 aromatic carbocycles. The van der Waals surface area contributed by atoms with Gasteiger partial charge in [-0.05, 0) is 38.8 Å². The third-order valence-corrected chi connectivity index (χ3v) is 5.19. The molecule has 0 unspecified atom stereocenters. The number of anilines is 1. The minimum Gasteiger partial charge on any atom is -0.355 e. The van der Waals surface area contributed by atoms with Crippen molar-refractivity contribution in [3.05, 3.63) is 35.4 Å². The van der Waals surface area contributed by atoms with Crippen molar-refractivity contribution in [1.82, 2.24) is 30.0 Å². The van der Waals surface area contributed by atoms with Crippen LogP contribution in [0, 0.1) is 20.8 Å². The van der Waals surface area contributed by atoms with Crippen molar-refractivity contribution in [2.24, 2.45) is 0 Å². The van der Waals surface area contributed by atoms with Crippen LogP contribution in [0.1, 0.15) is 23.4 Å². The van der Waals surface area contributed by atoms with Gasteiger partial charge >= 0.3 is 0 Å². The first-order valence-electron chi connectivity index (χ1n) is 9.56.